The van der Waals surface area contributed by atoms with Crippen molar-refractivity contribution < 1.29 is 9.18 Å². The molecule has 0 unspecified atom stereocenters. The first-order chi connectivity index (χ1) is 13.0. The van der Waals surface area contributed by atoms with Gasteiger partial charge in [0.1, 0.15) is 5.82 Å². The number of halogens is 1. The zero-order chi connectivity index (χ0) is 19.6. The van der Waals surface area contributed by atoms with Crippen molar-refractivity contribution in [1.82, 2.24) is 0 Å². The molecule has 27 heavy (non-hydrogen) atoms. The molecule has 0 aliphatic carbocycles. The number of carbonyl (C=O) groups is 1. The Bertz CT molecular complexity index is 861. The SMILES string of the molecule is CCc1ccc(NCc2ccccc2)c(F)c1.Cc1ccc(C(N)=O)cc1. The van der Waals surface area contributed by atoms with E-state index in [1.54, 1.807) is 24.3 Å². The summed E-state index contributed by atoms with van der Waals surface area (Å²) in [5.74, 6) is -0.555. The van der Waals surface area contributed by atoms with Gasteiger partial charge in [0.15, 0.2) is 0 Å². The van der Waals surface area contributed by atoms with Crippen LogP contribution in [0, 0.1) is 12.7 Å². The third kappa shape index (κ3) is 6.59. The molecule has 0 fully saturated rings. The van der Waals surface area contributed by atoms with Crippen molar-refractivity contribution in [2.45, 2.75) is 26.8 Å². The first-order valence-electron chi connectivity index (χ1n) is 8.92. The molecule has 0 atom stereocenters. The van der Waals surface area contributed by atoms with Crippen LogP contribution in [0.25, 0.3) is 0 Å². The van der Waals surface area contributed by atoms with Crippen molar-refractivity contribution in [3.8, 4) is 0 Å². The van der Waals surface area contributed by atoms with Crippen molar-refractivity contribution in [2.24, 2.45) is 5.73 Å². The van der Waals surface area contributed by atoms with Crippen molar-refractivity contribution in [1.29, 1.82) is 0 Å². The maximum absolute atomic E-state index is 13.7. The molecule has 4 heteroatoms. The van der Waals surface area contributed by atoms with Crippen molar-refractivity contribution in [3.05, 3.63) is 101 Å². The number of primary amides is 1. The number of nitrogens with two attached hydrogens (primary N) is 1. The molecule has 3 aromatic carbocycles. The number of benzene rings is 3. The smallest absolute Gasteiger partial charge is 0.248 e. The van der Waals surface area contributed by atoms with Crippen molar-refractivity contribution in [2.75, 3.05) is 5.32 Å². The fraction of sp³-hybridized carbons (Fsp3) is 0.174. The van der Waals surface area contributed by atoms with E-state index in [2.05, 4.69) is 5.32 Å². The highest BCUT2D eigenvalue weighted by Gasteiger charge is 2.02. The molecule has 3 N–H and O–H groups in total. The van der Waals surface area contributed by atoms with Crippen LogP contribution in [0.4, 0.5) is 10.1 Å². The van der Waals surface area contributed by atoms with Crippen LogP contribution in [0.5, 0.6) is 0 Å². The quantitative estimate of drug-likeness (QED) is 0.662. The highest BCUT2D eigenvalue weighted by atomic mass is 19.1. The molecule has 140 valence electrons. The van der Waals surface area contributed by atoms with Gasteiger partial charge >= 0.3 is 0 Å². The zero-order valence-electron chi connectivity index (χ0n) is 15.7. The number of hydrogen-bond acceptors (Lipinski definition) is 2. The maximum atomic E-state index is 13.7. The van der Waals surface area contributed by atoms with Crippen LogP contribution in [0.3, 0.4) is 0 Å². The van der Waals surface area contributed by atoms with Crippen molar-refractivity contribution in [3.63, 3.8) is 0 Å². The van der Waals surface area contributed by atoms with E-state index >= 15 is 0 Å². The fourth-order valence-corrected chi connectivity index (χ4v) is 2.43. The molecular formula is C23H25FN2O. The predicted molar refractivity (Wildman–Crippen MR) is 109 cm³/mol. The number of amides is 1. The number of aryl methyl sites for hydroxylation is 2. The molecule has 0 saturated heterocycles. The first-order valence-corrected chi connectivity index (χ1v) is 8.92. The molecule has 3 aromatic rings. The Morgan fingerprint density at radius 1 is 0.963 bits per heavy atom. The van der Waals surface area contributed by atoms with Gasteiger partial charge in [0.05, 0.1) is 5.69 Å². The topological polar surface area (TPSA) is 55.1 Å². The lowest BCUT2D eigenvalue weighted by molar-refractivity contribution is 0.100. The van der Waals surface area contributed by atoms with Gasteiger partial charge in [-0.1, -0.05) is 61.0 Å². The third-order valence-corrected chi connectivity index (χ3v) is 4.10. The summed E-state index contributed by atoms with van der Waals surface area (Å²) in [6.07, 6.45) is 0.857. The summed E-state index contributed by atoms with van der Waals surface area (Å²) in [6.45, 7) is 4.62. The van der Waals surface area contributed by atoms with E-state index in [1.807, 2.05) is 62.4 Å². The highest BCUT2D eigenvalue weighted by Crippen LogP contribution is 2.17. The minimum atomic E-state index is -0.375. The van der Waals surface area contributed by atoms with Gasteiger partial charge in [0.25, 0.3) is 0 Å². The Kier molecular flexibility index (Phi) is 7.56. The summed E-state index contributed by atoms with van der Waals surface area (Å²) < 4.78 is 13.7. The molecule has 1 amide bonds. The Labute approximate surface area is 160 Å². The number of nitrogens with one attached hydrogen (secondary N) is 1. The summed E-state index contributed by atoms with van der Waals surface area (Å²) >= 11 is 0. The number of rotatable bonds is 5. The average molecular weight is 364 g/mol. The first kappa shape index (κ1) is 20.2. The molecule has 0 bridgehead atoms. The van der Waals surface area contributed by atoms with Gasteiger partial charge in [-0.05, 0) is 48.7 Å². The van der Waals surface area contributed by atoms with Crippen LogP contribution in [-0.2, 0) is 13.0 Å². The summed E-state index contributed by atoms with van der Waals surface area (Å²) in [6, 6.07) is 22.5. The molecule has 0 heterocycles. The molecule has 0 aliphatic rings. The van der Waals surface area contributed by atoms with E-state index in [0.717, 1.165) is 23.1 Å². The molecule has 3 rings (SSSR count). The van der Waals surface area contributed by atoms with Gasteiger partial charge in [-0.2, -0.15) is 0 Å². The molecule has 3 nitrogen and oxygen atoms in total. The minimum Gasteiger partial charge on any atom is -0.379 e. The average Bonchev–Trinajstić information content (AvgIpc) is 2.68. The van der Waals surface area contributed by atoms with E-state index in [4.69, 9.17) is 5.73 Å². The Morgan fingerprint density at radius 2 is 1.63 bits per heavy atom. The van der Waals surface area contributed by atoms with E-state index in [0.29, 0.717) is 17.8 Å². The second kappa shape index (κ2) is 10.1. The van der Waals surface area contributed by atoms with Gasteiger partial charge in [-0.25, -0.2) is 4.39 Å². The zero-order valence-corrected chi connectivity index (χ0v) is 15.7. The molecule has 0 aromatic heterocycles. The van der Waals surface area contributed by atoms with Crippen LogP contribution in [0.1, 0.15) is 34.0 Å². The minimum absolute atomic E-state index is 0.180. The van der Waals surface area contributed by atoms with Crippen molar-refractivity contribution >= 4 is 11.6 Å². The molecule has 0 aliphatic heterocycles. The summed E-state index contributed by atoms with van der Waals surface area (Å²) in [7, 11) is 0. The van der Waals surface area contributed by atoms with Gasteiger partial charge in [-0.15, -0.1) is 0 Å². The standard InChI is InChI=1S/C15H16FN.C8H9NO/c1-2-12-8-9-15(14(16)10-12)17-11-13-6-4-3-5-7-13;1-6-2-4-7(5-3-6)8(9)10/h3-10,17H,2,11H2,1H3;2-5H,1H3,(H2,9,10). The second-order valence-corrected chi connectivity index (χ2v) is 6.24. The number of anilines is 1. The van der Waals surface area contributed by atoms with E-state index in [1.165, 1.54) is 0 Å². The van der Waals surface area contributed by atoms with E-state index in [-0.39, 0.29) is 11.7 Å². The molecule has 0 radical (unpaired) electrons. The van der Waals surface area contributed by atoms with Crippen LogP contribution in [-0.4, -0.2) is 5.91 Å². The van der Waals surface area contributed by atoms with Gasteiger partial charge < -0.3 is 11.1 Å². The normalized spacial score (nSPS) is 9.89. The third-order valence-electron chi connectivity index (χ3n) is 4.10. The lowest BCUT2D eigenvalue weighted by Gasteiger charge is -2.08. The lowest BCUT2D eigenvalue weighted by atomic mass is 10.1. The van der Waals surface area contributed by atoms with Crippen LogP contribution < -0.4 is 11.1 Å². The second-order valence-electron chi connectivity index (χ2n) is 6.24. The Morgan fingerprint density at radius 3 is 2.19 bits per heavy atom. The predicted octanol–water partition coefficient (Wildman–Crippen LogP) is 5.09. The fourth-order valence-electron chi connectivity index (χ4n) is 2.43. The van der Waals surface area contributed by atoms with E-state index in [9.17, 15) is 9.18 Å². The van der Waals surface area contributed by atoms with E-state index < -0.39 is 0 Å². The highest BCUT2D eigenvalue weighted by molar-refractivity contribution is 5.92. The van der Waals surface area contributed by atoms with Gasteiger partial charge in [0, 0.05) is 12.1 Å². The maximum Gasteiger partial charge on any atom is 0.248 e. The monoisotopic (exact) mass is 364 g/mol. The number of carbonyl (C=O) groups excluding carboxylic acids is 1. The molecule has 0 saturated carbocycles. The van der Waals surface area contributed by atoms with Crippen LogP contribution in [0.15, 0.2) is 72.8 Å². The number of hydrogen-bond donors (Lipinski definition) is 2. The summed E-state index contributed by atoms with van der Waals surface area (Å²) in [5, 5.41) is 3.11. The van der Waals surface area contributed by atoms with Gasteiger partial charge in [0.2, 0.25) is 5.91 Å². The van der Waals surface area contributed by atoms with Crippen LogP contribution >= 0.6 is 0 Å². The molecule has 0 spiro atoms. The summed E-state index contributed by atoms with van der Waals surface area (Å²) in [5.41, 5.74) is 9.44. The Balaban J connectivity index is 0.000000223. The lowest BCUT2D eigenvalue weighted by Crippen LogP contribution is -2.10. The summed E-state index contributed by atoms with van der Waals surface area (Å²) in [4.78, 5) is 10.5. The largest absolute Gasteiger partial charge is 0.379 e. The molecular weight excluding hydrogens is 339 g/mol. The Hall–Kier alpha value is -3.14. The van der Waals surface area contributed by atoms with Crippen LogP contribution in [0.2, 0.25) is 0 Å². The van der Waals surface area contributed by atoms with Gasteiger partial charge in [-0.3, -0.25) is 4.79 Å².